The van der Waals surface area contributed by atoms with E-state index in [0.717, 1.165) is 12.8 Å². The molecule has 1 aliphatic carbocycles. The van der Waals surface area contributed by atoms with Crippen molar-refractivity contribution in [3.8, 4) is 0 Å². The molecule has 0 radical (unpaired) electrons. The van der Waals surface area contributed by atoms with Crippen molar-refractivity contribution in [1.82, 2.24) is 5.32 Å². The van der Waals surface area contributed by atoms with Crippen LogP contribution in [0.25, 0.3) is 0 Å². The van der Waals surface area contributed by atoms with E-state index in [1.165, 1.54) is 6.42 Å². The van der Waals surface area contributed by atoms with Crippen molar-refractivity contribution in [2.45, 2.75) is 45.6 Å². The Bertz CT molecular complexity index is 278. The zero-order chi connectivity index (χ0) is 12.1. The van der Waals surface area contributed by atoms with Gasteiger partial charge in [0.05, 0.1) is 6.42 Å². The van der Waals surface area contributed by atoms with Crippen LogP contribution in [0.3, 0.4) is 0 Å². The molecule has 1 saturated carbocycles. The van der Waals surface area contributed by atoms with Crippen molar-refractivity contribution in [2.75, 3.05) is 0 Å². The summed E-state index contributed by atoms with van der Waals surface area (Å²) < 4.78 is 0. The van der Waals surface area contributed by atoms with Crippen molar-refractivity contribution < 1.29 is 10.0 Å². The third-order valence-corrected chi connectivity index (χ3v) is 3.52. The van der Waals surface area contributed by atoms with Gasteiger partial charge in [-0.05, 0) is 18.3 Å². The third kappa shape index (κ3) is 3.40. The van der Waals surface area contributed by atoms with Crippen molar-refractivity contribution in [2.24, 2.45) is 22.7 Å². The molecule has 16 heavy (non-hydrogen) atoms. The fourth-order valence-corrected chi connectivity index (χ4v) is 2.24. The van der Waals surface area contributed by atoms with Crippen molar-refractivity contribution in [3.63, 3.8) is 0 Å². The maximum absolute atomic E-state index is 11.5. The molecule has 1 amide bonds. The highest BCUT2D eigenvalue weighted by Crippen LogP contribution is 2.29. The van der Waals surface area contributed by atoms with Crippen LogP contribution in [0.2, 0.25) is 0 Å². The Morgan fingerprint density at radius 1 is 1.50 bits per heavy atom. The number of nitrogens with one attached hydrogen (secondary N) is 1. The van der Waals surface area contributed by atoms with Crippen LogP contribution in [0, 0.1) is 11.8 Å². The maximum atomic E-state index is 11.5. The smallest absolute Gasteiger partial charge is 0.227 e. The number of rotatable bonds is 3. The fraction of sp³-hybridized carbons (Fsp3) is 0.818. The average molecular weight is 227 g/mol. The molecule has 0 aromatic heterocycles. The van der Waals surface area contributed by atoms with Crippen molar-refractivity contribution in [1.29, 1.82) is 0 Å². The summed E-state index contributed by atoms with van der Waals surface area (Å²) in [5.74, 6) is 0.920. The molecule has 4 N–H and O–H groups in total. The summed E-state index contributed by atoms with van der Waals surface area (Å²) in [5, 5.41) is 14.1. The molecule has 0 aromatic rings. The van der Waals surface area contributed by atoms with Gasteiger partial charge in [0.15, 0.2) is 0 Å². The van der Waals surface area contributed by atoms with Crippen LogP contribution in [-0.2, 0) is 4.79 Å². The highest BCUT2D eigenvalue weighted by Gasteiger charge is 2.28. The number of amidine groups is 1. The summed E-state index contributed by atoms with van der Waals surface area (Å²) in [4.78, 5) is 11.5. The van der Waals surface area contributed by atoms with E-state index in [1.807, 2.05) is 0 Å². The Morgan fingerprint density at radius 2 is 2.19 bits per heavy atom. The predicted molar refractivity (Wildman–Crippen MR) is 62.1 cm³/mol. The van der Waals surface area contributed by atoms with Gasteiger partial charge in [-0.1, -0.05) is 31.8 Å². The second-order valence-electron chi connectivity index (χ2n) is 4.71. The van der Waals surface area contributed by atoms with Gasteiger partial charge in [0.1, 0.15) is 5.84 Å². The minimum Gasteiger partial charge on any atom is -0.409 e. The molecular weight excluding hydrogens is 206 g/mol. The molecule has 1 fully saturated rings. The third-order valence-electron chi connectivity index (χ3n) is 3.52. The van der Waals surface area contributed by atoms with Crippen molar-refractivity contribution in [3.05, 3.63) is 0 Å². The normalized spacial score (nSPS) is 31.1. The van der Waals surface area contributed by atoms with E-state index in [-0.39, 0.29) is 24.2 Å². The molecule has 1 rings (SSSR count). The van der Waals surface area contributed by atoms with Gasteiger partial charge in [0, 0.05) is 6.04 Å². The van der Waals surface area contributed by atoms with Crippen LogP contribution >= 0.6 is 0 Å². The lowest BCUT2D eigenvalue weighted by Gasteiger charge is -2.34. The first kappa shape index (κ1) is 12.8. The van der Waals surface area contributed by atoms with Crippen LogP contribution < -0.4 is 11.1 Å². The Labute approximate surface area is 96.1 Å². The second-order valence-corrected chi connectivity index (χ2v) is 4.71. The molecule has 5 nitrogen and oxygen atoms in total. The van der Waals surface area contributed by atoms with E-state index in [4.69, 9.17) is 10.9 Å². The molecule has 0 aromatic carbocycles. The number of amides is 1. The zero-order valence-electron chi connectivity index (χ0n) is 9.94. The average Bonchev–Trinajstić information content (AvgIpc) is 2.24. The number of nitrogens with zero attached hydrogens (tertiary/aromatic N) is 1. The van der Waals surface area contributed by atoms with Crippen molar-refractivity contribution >= 4 is 11.7 Å². The zero-order valence-corrected chi connectivity index (χ0v) is 9.94. The minimum atomic E-state index is -0.166. The Morgan fingerprint density at radius 3 is 2.81 bits per heavy atom. The minimum absolute atomic E-state index is 0.0336. The van der Waals surface area contributed by atoms with Crippen LogP contribution in [0.5, 0.6) is 0 Å². The van der Waals surface area contributed by atoms with E-state index >= 15 is 0 Å². The number of carbonyl (C=O) groups excluding carboxylic acids is 1. The van der Waals surface area contributed by atoms with Gasteiger partial charge in [-0.25, -0.2) is 0 Å². The van der Waals surface area contributed by atoms with E-state index in [9.17, 15) is 4.79 Å². The standard InChI is InChI=1S/C11H21N3O2/c1-7-4-3-5-9(8(7)2)13-11(15)6-10(12)14-16/h7-9,16H,3-6H2,1-2H3,(H2,12,14)(H,13,15). The summed E-state index contributed by atoms with van der Waals surface area (Å²) in [7, 11) is 0. The topological polar surface area (TPSA) is 87.7 Å². The Hall–Kier alpha value is -1.26. The summed E-state index contributed by atoms with van der Waals surface area (Å²) in [6, 6.07) is 0.225. The molecule has 1 aliphatic rings. The van der Waals surface area contributed by atoms with E-state index < -0.39 is 0 Å². The first-order chi connectivity index (χ1) is 7.54. The predicted octanol–water partition coefficient (Wildman–Crippen LogP) is 1.06. The molecule has 0 heterocycles. The number of carbonyl (C=O) groups is 1. The Kier molecular flexibility index (Phi) is 4.58. The van der Waals surface area contributed by atoms with Gasteiger partial charge < -0.3 is 16.3 Å². The highest BCUT2D eigenvalue weighted by molar-refractivity contribution is 5.98. The molecular formula is C11H21N3O2. The maximum Gasteiger partial charge on any atom is 0.227 e. The summed E-state index contributed by atoms with van der Waals surface area (Å²) >= 11 is 0. The summed E-state index contributed by atoms with van der Waals surface area (Å²) in [5.41, 5.74) is 5.28. The van der Waals surface area contributed by atoms with Gasteiger partial charge >= 0.3 is 0 Å². The lowest BCUT2D eigenvalue weighted by atomic mass is 9.78. The summed E-state index contributed by atoms with van der Waals surface area (Å²) in [6.07, 6.45) is 3.37. The van der Waals surface area contributed by atoms with Gasteiger partial charge in [0.25, 0.3) is 0 Å². The van der Waals surface area contributed by atoms with Gasteiger partial charge in [0.2, 0.25) is 5.91 Å². The fourth-order valence-electron chi connectivity index (χ4n) is 2.24. The Balaban J connectivity index is 2.44. The monoisotopic (exact) mass is 227 g/mol. The lowest BCUT2D eigenvalue weighted by Crippen LogP contribution is -2.44. The summed E-state index contributed by atoms with van der Waals surface area (Å²) in [6.45, 7) is 4.38. The number of hydrogen-bond acceptors (Lipinski definition) is 3. The molecule has 3 unspecified atom stereocenters. The van der Waals surface area contributed by atoms with E-state index in [0.29, 0.717) is 11.8 Å². The molecule has 0 bridgehead atoms. The SMILES string of the molecule is CC1CCCC(NC(=O)C/C(N)=N/O)C1C. The molecule has 92 valence electrons. The molecule has 0 aliphatic heterocycles. The van der Waals surface area contributed by atoms with Crippen LogP contribution in [0.4, 0.5) is 0 Å². The highest BCUT2D eigenvalue weighted by atomic mass is 16.4. The quantitative estimate of drug-likeness (QED) is 0.291. The first-order valence-electron chi connectivity index (χ1n) is 5.80. The molecule has 0 saturated heterocycles. The van der Waals surface area contributed by atoms with Crippen LogP contribution in [0.1, 0.15) is 39.5 Å². The lowest BCUT2D eigenvalue weighted by molar-refractivity contribution is -0.121. The number of nitrogens with two attached hydrogens (primary N) is 1. The largest absolute Gasteiger partial charge is 0.409 e. The van der Waals surface area contributed by atoms with E-state index in [1.54, 1.807) is 0 Å². The van der Waals surface area contributed by atoms with Gasteiger partial charge in [-0.15, -0.1) is 0 Å². The first-order valence-corrected chi connectivity index (χ1v) is 5.80. The van der Waals surface area contributed by atoms with E-state index in [2.05, 4.69) is 24.3 Å². The molecule has 0 spiro atoms. The van der Waals surface area contributed by atoms with Gasteiger partial charge in [-0.3, -0.25) is 4.79 Å². The van der Waals surface area contributed by atoms with Crippen LogP contribution in [-0.4, -0.2) is 23.0 Å². The second kappa shape index (κ2) is 5.72. The number of oxime groups is 1. The van der Waals surface area contributed by atoms with Gasteiger partial charge in [-0.2, -0.15) is 0 Å². The molecule has 3 atom stereocenters. The molecule has 5 heteroatoms. The number of hydrogen-bond donors (Lipinski definition) is 3. The van der Waals surface area contributed by atoms with Crippen LogP contribution in [0.15, 0.2) is 5.16 Å².